The lowest BCUT2D eigenvalue weighted by Gasteiger charge is -2.07. The molecule has 5 nitrogen and oxygen atoms in total. The van der Waals surface area contributed by atoms with Crippen LogP contribution in [0.5, 0.6) is 11.5 Å². The van der Waals surface area contributed by atoms with Gasteiger partial charge in [-0.2, -0.15) is 0 Å². The van der Waals surface area contributed by atoms with Crippen LogP contribution < -0.4 is 15.0 Å². The van der Waals surface area contributed by atoms with Crippen LogP contribution in [0.25, 0.3) is 11.3 Å². The van der Waals surface area contributed by atoms with Gasteiger partial charge in [-0.05, 0) is 42.8 Å². The number of rotatable bonds is 8. The molecule has 0 aliphatic rings. The van der Waals surface area contributed by atoms with Gasteiger partial charge in [0.15, 0.2) is 5.16 Å². The van der Waals surface area contributed by atoms with Crippen molar-refractivity contribution < 1.29 is 9.47 Å². The monoisotopic (exact) mass is 368 g/mol. The molecule has 3 aromatic rings. The van der Waals surface area contributed by atoms with Gasteiger partial charge in [-0.15, -0.1) is 0 Å². The lowest BCUT2D eigenvalue weighted by Crippen LogP contribution is -2.08. The van der Waals surface area contributed by atoms with E-state index in [1.165, 1.54) is 17.8 Å². The highest BCUT2D eigenvalue weighted by Crippen LogP contribution is 2.22. The third-order valence-electron chi connectivity index (χ3n) is 3.65. The average molecular weight is 368 g/mol. The van der Waals surface area contributed by atoms with Gasteiger partial charge in [0.05, 0.1) is 19.4 Å². The molecule has 2 aromatic carbocycles. The standard InChI is InChI=1S/C20H20N2O3S/c1-24-16-10-8-15(9-11-16)18-14-19(23)22-20(21-18)26-13-5-12-25-17-6-3-2-4-7-17/h2-4,6-11,14H,5,12-13H2,1H3,(H,21,22,23). The molecule has 1 heterocycles. The zero-order valence-electron chi connectivity index (χ0n) is 14.5. The maximum absolute atomic E-state index is 11.9. The summed E-state index contributed by atoms with van der Waals surface area (Å²) in [6.07, 6.45) is 0.857. The molecule has 3 rings (SSSR count). The van der Waals surface area contributed by atoms with Crippen molar-refractivity contribution in [3.8, 4) is 22.8 Å². The molecule has 0 atom stereocenters. The maximum atomic E-state index is 11.9. The number of benzene rings is 2. The Labute approximate surface area is 156 Å². The molecule has 0 aliphatic carbocycles. The van der Waals surface area contributed by atoms with E-state index >= 15 is 0 Å². The van der Waals surface area contributed by atoms with E-state index in [0.29, 0.717) is 17.5 Å². The number of methoxy groups -OCH3 is 1. The number of hydrogen-bond donors (Lipinski definition) is 1. The summed E-state index contributed by atoms with van der Waals surface area (Å²) in [5.41, 5.74) is 1.37. The number of hydrogen-bond acceptors (Lipinski definition) is 5. The van der Waals surface area contributed by atoms with Gasteiger partial charge in [0.25, 0.3) is 5.56 Å². The van der Waals surface area contributed by atoms with Crippen molar-refractivity contribution in [2.24, 2.45) is 0 Å². The summed E-state index contributed by atoms with van der Waals surface area (Å²) in [6, 6.07) is 18.7. The Kier molecular flexibility index (Phi) is 6.33. The summed E-state index contributed by atoms with van der Waals surface area (Å²) < 4.78 is 10.8. The van der Waals surface area contributed by atoms with E-state index in [2.05, 4.69) is 9.97 Å². The van der Waals surface area contributed by atoms with Crippen molar-refractivity contribution in [1.82, 2.24) is 9.97 Å². The molecule has 134 valence electrons. The molecule has 0 fully saturated rings. The molecule has 0 saturated heterocycles. The Bertz CT molecular complexity index is 880. The van der Waals surface area contributed by atoms with Gasteiger partial charge < -0.3 is 14.5 Å². The molecular formula is C20H20N2O3S. The largest absolute Gasteiger partial charge is 0.497 e. The molecule has 6 heteroatoms. The van der Waals surface area contributed by atoms with Gasteiger partial charge in [0, 0.05) is 17.4 Å². The molecule has 0 amide bonds. The van der Waals surface area contributed by atoms with Crippen LogP contribution in [0.4, 0.5) is 0 Å². The molecular weight excluding hydrogens is 348 g/mol. The zero-order chi connectivity index (χ0) is 18.2. The van der Waals surface area contributed by atoms with Crippen LogP contribution in [0.15, 0.2) is 70.6 Å². The number of aromatic amines is 1. The van der Waals surface area contributed by atoms with Gasteiger partial charge in [0.2, 0.25) is 0 Å². The first-order valence-corrected chi connectivity index (χ1v) is 9.29. The third-order valence-corrected chi connectivity index (χ3v) is 4.60. The summed E-state index contributed by atoms with van der Waals surface area (Å²) in [7, 11) is 1.62. The Hall–Kier alpha value is -2.73. The summed E-state index contributed by atoms with van der Waals surface area (Å²) in [6.45, 7) is 0.624. The van der Waals surface area contributed by atoms with Gasteiger partial charge in [-0.25, -0.2) is 4.98 Å². The highest BCUT2D eigenvalue weighted by Gasteiger charge is 2.05. The van der Waals surface area contributed by atoms with Gasteiger partial charge in [0.1, 0.15) is 11.5 Å². The van der Waals surface area contributed by atoms with E-state index in [-0.39, 0.29) is 5.56 Å². The zero-order valence-corrected chi connectivity index (χ0v) is 15.3. The number of nitrogens with one attached hydrogen (secondary N) is 1. The van der Waals surface area contributed by atoms with Crippen LogP contribution in [0.3, 0.4) is 0 Å². The summed E-state index contributed by atoms with van der Waals surface area (Å²) in [4.78, 5) is 19.2. The molecule has 1 N–H and O–H groups in total. The number of H-pyrrole nitrogens is 1. The fraction of sp³-hybridized carbons (Fsp3) is 0.200. The van der Waals surface area contributed by atoms with Crippen molar-refractivity contribution >= 4 is 11.8 Å². The van der Waals surface area contributed by atoms with Gasteiger partial charge in [-0.1, -0.05) is 30.0 Å². The molecule has 0 radical (unpaired) electrons. The second kappa shape index (κ2) is 9.10. The minimum absolute atomic E-state index is 0.158. The van der Waals surface area contributed by atoms with E-state index in [4.69, 9.17) is 9.47 Å². The molecule has 1 aromatic heterocycles. The second-order valence-corrected chi connectivity index (χ2v) is 6.61. The van der Waals surface area contributed by atoms with Gasteiger partial charge in [-0.3, -0.25) is 4.79 Å². The number of ether oxygens (including phenoxy) is 2. The molecule has 0 aliphatic heterocycles. The van der Waals surface area contributed by atoms with Crippen molar-refractivity contribution in [1.29, 1.82) is 0 Å². The van der Waals surface area contributed by atoms with E-state index in [0.717, 1.165) is 29.2 Å². The quantitative estimate of drug-likeness (QED) is 0.370. The molecule has 0 unspecified atom stereocenters. The first-order valence-electron chi connectivity index (χ1n) is 8.31. The molecule has 26 heavy (non-hydrogen) atoms. The van der Waals surface area contributed by atoms with Crippen LogP contribution in [0.2, 0.25) is 0 Å². The highest BCUT2D eigenvalue weighted by molar-refractivity contribution is 7.99. The summed E-state index contributed by atoms with van der Waals surface area (Å²) in [5.74, 6) is 2.44. The van der Waals surface area contributed by atoms with E-state index in [1.54, 1.807) is 7.11 Å². The maximum Gasteiger partial charge on any atom is 0.252 e. The SMILES string of the molecule is COc1ccc(-c2cc(=O)[nH]c(SCCCOc3ccccc3)n2)cc1. The first-order chi connectivity index (χ1) is 12.7. The smallest absolute Gasteiger partial charge is 0.252 e. The predicted octanol–water partition coefficient (Wildman–Crippen LogP) is 4.01. The Morgan fingerprint density at radius 2 is 1.81 bits per heavy atom. The fourth-order valence-corrected chi connectivity index (χ4v) is 3.14. The molecule has 0 saturated carbocycles. The Balaban J connectivity index is 1.56. The highest BCUT2D eigenvalue weighted by atomic mass is 32.2. The lowest BCUT2D eigenvalue weighted by molar-refractivity contribution is 0.318. The van der Waals surface area contributed by atoms with Crippen molar-refractivity contribution in [3.05, 3.63) is 71.0 Å². The van der Waals surface area contributed by atoms with Crippen molar-refractivity contribution in [2.45, 2.75) is 11.6 Å². The van der Waals surface area contributed by atoms with Crippen molar-refractivity contribution in [3.63, 3.8) is 0 Å². The van der Waals surface area contributed by atoms with E-state index < -0.39 is 0 Å². The second-order valence-electron chi connectivity index (χ2n) is 5.53. The Morgan fingerprint density at radius 3 is 2.54 bits per heavy atom. The van der Waals surface area contributed by atoms with Crippen LogP contribution in [0, 0.1) is 0 Å². The topological polar surface area (TPSA) is 64.2 Å². The van der Waals surface area contributed by atoms with E-state index in [1.807, 2.05) is 54.6 Å². The number of nitrogens with zero attached hydrogens (tertiary/aromatic N) is 1. The lowest BCUT2D eigenvalue weighted by atomic mass is 10.1. The predicted molar refractivity (Wildman–Crippen MR) is 104 cm³/mol. The Morgan fingerprint density at radius 1 is 1.04 bits per heavy atom. The number of thioether (sulfide) groups is 1. The van der Waals surface area contributed by atoms with Crippen molar-refractivity contribution in [2.75, 3.05) is 19.5 Å². The minimum Gasteiger partial charge on any atom is -0.497 e. The first kappa shape index (κ1) is 18.1. The molecule has 0 bridgehead atoms. The normalized spacial score (nSPS) is 10.5. The average Bonchev–Trinajstić information content (AvgIpc) is 2.68. The summed E-state index contributed by atoms with van der Waals surface area (Å²) >= 11 is 1.51. The van der Waals surface area contributed by atoms with Gasteiger partial charge >= 0.3 is 0 Å². The fourth-order valence-electron chi connectivity index (χ4n) is 2.35. The van der Waals surface area contributed by atoms with Crippen LogP contribution in [-0.4, -0.2) is 29.4 Å². The third kappa shape index (κ3) is 5.13. The molecule has 0 spiro atoms. The van der Waals surface area contributed by atoms with Crippen LogP contribution >= 0.6 is 11.8 Å². The van der Waals surface area contributed by atoms with E-state index in [9.17, 15) is 4.79 Å². The van der Waals surface area contributed by atoms with Crippen LogP contribution in [0.1, 0.15) is 6.42 Å². The number of aromatic nitrogens is 2. The number of para-hydroxylation sites is 1. The summed E-state index contributed by atoms with van der Waals surface area (Å²) in [5, 5.41) is 0.614. The minimum atomic E-state index is -0.158. The van der Waals surface area contributed by atoms with Crippen LogP contribution in [-0.2, 0) is 0 Å².